The number of likely N-dealkylation sites (tertiary alicyclic amines) is 1. The summed E-state index contributed by atoms with van der Waals surface area (Å²) in [6, 6.07) is 9.94. The van der Waals surface area contributed by atoms with Crippen LogP contribution in [0.1, 0.15) is 29.7 Å². The summed E-state index contributed by atoms with van der Waals surface area (Å²) in [6.07, 6.45) is 4.35. The Morgan fingerprint density at radius 2 is 2.06 bits per heavy atom. The minimum Gasteiger partial charge on any atom is -0.310 e. The third-order valence-electron chi connectivity index (χ3n) is 6.73. The van der Waals surface area contributed by atoms with Gasteiger partial charge in [-0.05, 0) is 56.1 Å². The molecule has 9 nitrogen and oxygen atoms in total. The van der Waals surface area contributed by atoms with Crippen LogP contribution in [0.2, 0.25) is 0 Å². The van der Waals surface area contributed by atoms with E-state index in [0.29, 0.717) is 36.1 Å². The lowest BCUT2D eigenvalue weighted by atomic mass is 10.0. The van der Waals surface area contributed by atoms with E-state index in [-0.39, 0.29) is 11.5 Å². The van der Waals surface area contributed by atoms with Crippen LogP contribution in [0.3, 0.4) is 0 Å². The second kappa shape index (κ2) is 10.2. The molecule has 1 fully saturated rings. The van der Waals surface area contributed by atoms with Crippen LogP contribution in [0.15, 0.2) is 40.2 Å². The summed E-state index contributed by atoms with van der Waals surface area (Å²) in [6.45, 7) is 3.42. The Morgan fingerprint density at radius 3 is 2.86 bits per heavy atom. The number of piperidine rings is 1. The van der Waals surface area contributed by atoms with Crippen LogP contribution in [-0.4, -0.2) is 56.8 Å². The van der Waals surface area contributed by atoms with Gasteiger partial charge < -0.3 is 20.1 Å². The maximum absolute atomic E-state index is 12.2. The van der Waals surface area contributed by atoms with E-state index in [1.807, 2.05) is 12.1 Å². The van der Waals surface area contributed by atoms with Crippen molar-refractivity contribution in [3.8, 4) is 6.07 Å². The molecule has 0 unspecified atom stereocenters. The Morgan fingerprint density at radius 1 is 1.23 bits per heavy atom. The van der Waals surface area contributed by atoms with Gasteiger partial charge in [0.1, 0.15) is 11.9 Å². The molecule has 1 saturated heterocycles. The fourth-order valence-corrected chi connectivity index (χ4v) is 5.51. The number of nitriles is 1. The molecule has 180 valence electrons. The summed E-state index contributed by atoms with van der Waals surface area (Å²) < 4.78 is 1.59. The van der Waals surface area contributed by atoms with Gasteiger partial charge in [0.25, 0.3) is 5.56 Å². The van der Waals surface area contributed by atoms with E-state index in [1.54, 1.807) is 23.9 Å². The number of fused-ring (bicyclic) bond motifs is 2. The van der Waals surface area contributed by atoms with E-state index in [1.165, 1.54) is 17.8 Å². The third-order valence-corrected chi connectivity index (χ3v) is 7.77. The number of amides is 1. The lowest BCUT2D eigenvalue weighted by Gasteiger charge is -2.32. The number of nitrogens with zero attached hydrogens (tertiary/aromatic N) is 5. The molecule has 0 radical (unpaired) electrons. The molecule has 1 amide bonds. The molecule has 5 heterocycles. The van der Waals surface area contributed by atoms with Gasteiger partial charge in [-0.15, -0.1) is 11.8 Å². The molecule has 2 aliphatic heterocycles. The quantitative estimate of drug-likeness (QED) is 0.541. The number of hydrogen-bond donors (Lipinski definition) is 2. The average molecular weight is 490 g/mol. The average Bonchev–Trinajstić information content (AvgIpc) is 2.88. The van der Waals surface area contributed by atoms with Crippen LogP contribution in [0.4, 0.5) is 5.82 Å². The van der Waals surface area contributed by atoms with E-state index >= 15 is 0 Å². The van der Waals surface area contributed by atoms with E-state index in [9.17, 15) is 14.9 Å². The summed E-state index contributed by atoms with van der Waals surface area (Å²) in [5.41, 5.74) is 3.73. The minimum atomic E-state index is -0.0999. The fourth-order valence-electron chi connectivity index (χ4n) is 4.76. The zero-order valence-electron chi connectivity index (χ0n) is 19.6. The highest BCUT2D eigenvalue weighted by molar-refractivity contribution is 8.00. The van der Waals surface area contributed by atoms with E-state index < -0.39 is 0 Å². The van der Waals surface area contributed by atoms with Crippen molar-refractivity contribution in [3.63, 3.8) is 0 Å². The van der Waals surface area contributed by atoms with Gasteiger partial charge in [-0.1, -0.05) is 0 Å². The number of nitrogens with one attached hydrogen (secondary N) is 2. The van der Waals surface area contributed by atoms with Crippen molar-refractivity contribution in [2.45, 2.75) is 36.7 Å². The number of anilines is 1. The highest BCUT2D eigenvalue weighted by Gasteiger charge is 2.21. The van der Waals surface area contributed by atoms with Crippen LogP contribution in [0.25, 0.3) is 11.0 Å². The molecule has 10 heteroatoms. The van der Waals surface area contributed by atoms with Gasteiger partial charge in [0, 0.05) is 38.4 Å². The van der Waals surface area contributed by atoms with Crippen LogP contribution in [0.5, 0.6) is 0 Å². The molecule has 5 rings (SSSR count). The molecular weight excluding hydrogens is 462 g/mol. The summed E-state index contributed by atoms with van der Waals surface area (Å²) in [5.74, 6) is 1.10. The van der Waals surface area contributed by atoms with Gasteiger partial charge in [0.2, 0.25) is 5.91 Å². The highest BCUT2D eigenvalue weighted by atomic mass is 32.2. The van der Waals surface area contributed by atoms with E-state index in [2.05, 4.69) is 31.6 Å². The van der Waals surface area contributed by atoms with Gasteiger partial charge in [-0.25, -0.2) is 4.98 Å². The molecule has 0 saturated carbocycles. The van der Waals surface area contributed by atoms with Crippen molar-refractivity contribution in [1.82, 2.24) is 24.8 Å². The van der Waals surface area contributed by atoms with Gasteiger partial charge in [0.15, 0.2) is 0 Å². The molecule has 2 N–H and O–H groups in total. The number of pyridine rings is 3. The maximum Gasteiger partial charge on any atom is 0.250 e. The Kier molecular flexibility index (Phi) is 6.81. The van der Waals surface area contributed by atoms with Gasteiger partial charge in [-0.2, -0.15) is 5.26 Å². The normalized spacial score (nSPS) is 16.6. The smallest absolute Gasteiger partial charge is 0.250 e. The first-order valence-electron chi connectivity index (χ1n) is 11.8. The van der Waals surface area contributed by atoms with E-state index in [4.69, 9.17) is 0 Å². The number of aryl methyl sites for hydroxylation is 1. The van der Waals surface area contributed by atoms with Crippen LogP contribution in [0, 0.1) is 11.3 Å². The molecule has 0 aliphatic carbocycles. The standard InChI is InChI=1S/C25H27N7O2S/c1-31-23(34)5-3-20-24(31)19(16(12-26)13-28-20)8-11-32-9-6-17(7-10-32)27-14-18-2-4-21-25(29-18)30-22(33)15-35-21/h2-5,13,17,27H,6-11,14-15H2,1H3,(H,29,30,33). The summed E-state index contributed by atoms with van der Waals surface area (Å²) >= 11 is 1.52. The molecule has 35 heavy (non-hydrogen) atoms. The summed E-state index contributed by atoms with van der Waals surface area (Å²) in [7, 11) is 1.73. The topological polar surface area (TPSA) is 116 Å². The van der Waals surface area contributed by atoms with Crippen molar-refractivity contribution in [2.24, 2.45) is 7.05 Å². The number of aromatic nitrogens is 3. The Labute approximate surface area is 207 Å². The third kappa shape index (κ3) is 5.07. The van der Waals surface area contributed by atoms with Crippen molar-refractivity contribution in [1.29, 1.82) is 5.26 Å². The molecular formula is C25H27N7O2S. The molecule has 3 aromatic heterocycles. The van der Waals surface area contributed by atoms with Crippen molar-refractivity contribution in [3.05, 3.63) is 57.6 Å². The highest BCUT2D eigenvalue weighted by Crippen LogP contribution is 2.29. The predicted octanol–water partition coefficient (Wildman–Crippen LogP) is 2.04. The van der Waals surface area contributed by atoms with Crippen molar-refractivity contribution >= 4 is 34.5 Å². The Bertz CT molecular complexity index is 1370. The first kappa shape index (κ1) is 23.5. The molecule has 0 aromatic carbocycles. The number of thioether (sulfide) groups is 1. The fraction of sp³-hybridized carbons (Fsp3) is 0.400. The van der Waals surface area contributed by atoms with Crippen LogP contribution < -0.4 is 16.2 Å². The number of rotatable bonds is 6. The van der Waals surface area contributed by atoms with Crippen LogP contribution in [-0.2, 0) is 24.8 Å². The second-order valence-corrected chi connectivity index (χ2v) is 9.98. The molecule has 0 bridgehead atoms. The minimum absolute atomic E-state index is 0.00337. The molecule has 0 atom stereocenters. The lowest BCUT2D eigenvalue weighted by molar-refractivity contribution is -0.113. The lowest BCUT2D eigenvalue weighted by Crippen LogP contribution is -2.43. The molecule has 0 spiro atoms. The van der Waals surface area contributed by atoms with Crippen molar-refractivity contribution in [2.75, 3.05) is 30.7 Å². The summed E-state index contributed by atoms with van der Waals surface area (Å²) in [4.78, 5) is 36.2. The SMILES string of the molecule is Cn1c(=O)ccc2ncc(C#N)c(CCN3CCC(NCc4ccc5c(n4)NC(=O)CS5)CC3)c21. The second-order valence-electron chi connectivity index (χ2n) is 8.96. The van der Waals surface area contributed by atoms with Gasteiger partial charge >= 0.3 is 0 Å². The number of carbonyl (C=O) groups excluding carboxylic acids is 1. The summed E-state index contributed by atoms with van der Waals surface area (Å²) in [5, 5.41) is 16.1. The van der Waals surface area contributed by atoms with Crippen molar-refractivity contribution < 1.29 is 4.79 Å². The van der Waals surface area contributed by atoms with Gasteiger partial charge in [-0.3, -0.25) is 14.6 Å². The Balaban J connectivity index is 1.17. The Hall–Kier alpha value is -3.26. The first-order chi connectivity index (χ1) is 17.0. The van der Waals surface area contributed by atoms with Gasteiger partial charge in [0.05, 0.1) is 32.9 Å². The van der Waals surface area contributed by atoms with Crippen LogP contribution >= 0.6 is 11.8 Å². The largest absolute Gasteiger partial charge is 0.310 e. The predicted molar refractivity (Wildman–Crippen MR) is 135 cm³/mol. The zero-order chi connectivity index (χ0) is 24.4. The number of carbonyl (C=O) groups is 1. The molecule has 3 aromatic rings. The maximum atomic E-state index is 12.2. The monoisotopic (exact) mass is 489 g/mol. The molecule has 2 aliphatic rings. The zero-order valence-corrected chi connectivity index (χ0v) is 20.4. The number of hydrogen-bond acceptors (Lipinski definition) is 8. The first-order valence-corrected chi connectivity index (χ1v) is 12.8. The van der Waals surface area contributed by atoms with E-state index in [0.717, 1.165) is 59.7 Å².